The summed E-state index contributed by atoms with van der Waals surface area (Å²) in [6.07, 6.45) is 1.47. The van der Waals surface area contributed by atoms with Crippen molar-refractivity contribution in [2.24, 2.45) is 0 Å². The minimum Gasteiger partial charge on any atom is -0.459 e. The van der Waals surface area contributed by atoms with Crippen molar-refractivity contribution < 1.29 is 14.3 Å². The monoisotopic (exact) mass is 313 g/mol. The molecule has 4 nitrogen and oxygen atoms in total. The van der Waals surface area contributed by atoms with Gasteiger partial charge in [-0.15, -0.1) is 0 Å². The van der Waals surface area contributed by atoms with E-state index in [-0.39, 0.29) is 12.1 Å². The lowest BCUT2D eigenvalue weighted by Crippen LogP contribution is -2.26. The molecule has 0 saturated carbocycles. The Hall–Kier alpha value is -1.07. The van der Waals surface area contributed by atoms with Crippen LogP contribution >= 0.6 is 15.9 Å². The van der Waals surface area contributed by atoms with Crippen LogP contribution in [0.15, 0.2) is 16.6 Å². The molecule has 1 aliphatic heterocycles. The van der Waals surface area contributed by atoms with E-state index in [1.165, 1.54) is 0 Å². The van der Waals surface area contributed by atoms with E-state index >= 15 is 0 Å². The van der Waals surface area contributed by atoms with Gasteiger partial charge in [-0.05, 0) is 24.6 Å². The molecule has 1 aromatic carbocycles. The first kappa shape index (κ1) is 13.4. The molecule has 0 atom stereocenters. The zero-order valence-electron chi connectivity index (χ0n) is 10.2. The lowest BCUT2D eigenvalue weighted by atomic mass is 10.1. The van der Waals surface area contributed by atoms with E-state index in [2.05, 4.69) is 15.9 Å². The van der Waals surface area contributed by atoms with Crippen molar-refractivity contribution in [1.29, 1.82) is 0 Å². The summed E-state index contributed by atoms with van der Waals surface area (Å²) in [6, 6.07) is 3.52. The van der Waals surface area contributed by atoms with Crippen LogP contribution in [0.5, 0.6) is 0 Å². The largest absolute Gasteiger partial charge is 0.459 e. The number of benzene rings is 1. The molecule has 1 aromatic rings. The number of carbonyl (C=O) groups excluding carboxylic acids is 1. The van der Waals surface area contributed by atoms with Crippen LogP contribution in [0.25, 0.3) is 0 Å². The quantitative estimate of drug-likeness (QED) is 0.673. The number of hydrogen-bond acceptors (Lipinski definition) is 4. The predicted molar refractivity (Wildman–Crippen MR) is 72.5 cm³/mol. The molecule has 1 fully saturated rings. The second-order valence-electron chi connectivity index (χ2n) is 4.38. The minimum absolute atomic E-state index is 0.0501. The van der Waals surface area contributed by atoms with Gasteiger partial charge in [-0.3, -0.25) is 0 Å². The summed E-state index contributed by atoms with van der Waals surface area (Å²) in [5, 5.41) is 0. The summed E-state index contributed by atoms with van der Waals surface area (Å²) in [5.74, 6) is -0.313. The Morgan fingerprint density at radius 1 is 1.44 bits per heavy atom. The SMILES string of the molecule is Cc1c(N)cc(Br)cc1C(=O)OC1CCOCC1. The standard InChI is InChI=1S/C13H16BrNO3/c1-8-11(6-9(14)7-12(8)15)13(16)18-10-2-4-17-5-3-10/h6-7,10H,2-5,15H2,1H3. The maximum absolute atomic E-state index is 12.1. The fourth-order valence-electron chi connectivity index (χ4n) is 1.92. The predicted octanol–water partition coefficient (Wildman–Crippen LogP) is 2.68. The molecule has 0 spiro atoms. The second kappa shape index (κ2) is 5.71. The van der Waals surface area contributed by atoms with Crippen LogP contribution in [0.2, 0.25) is 0 Å². The highest BCUT2D eigenvalue weighted by molar-refractivity contribution is 9.10. The van der Waals surface area contributed by atoms with E-state index in [0.29, 0.717) is 24.5 Å². The van der Waals surface area contributed by atoms with E-state index in [4.69, 9.17) is 15.2 Å². The molecule has 0 aromatic heterocycles. The average molecular weight is 314 g/mol. The van der Waals surface area contributed by atoms with Gasteiger partial charge in [-0.2, -0.15) is 0 Å². The van der Waals surface area contributed by atoms with Crippen LogP contribution in [0, 0.1) is 6.92 Å². The lowest BCUT2D eigenvalue weighted by molar-refractivity contribution is -0.0159. The first-order chi connectivity index (χ1) is 8.58. The average Bonchev–Trinajstić information content (AvgIpc) is 2.35. The van der Waals surface area contributed by atoms with Crippen molar-refractivity contribution in [2.75, 3.05) is 18.9 Å². The van der Waals surface area contributed by atoms with E-state index in [1.54, 1.807) is 12.1 Å². The molecule has 98 valence electrons. The first-order valence-corrected chi connectivity index (χ1v) is 6.71. The Bertz CT molecular complexity index is 456. The Morgan fingerprint density at radius 2 is 2.11 bits per heavy atom. The number of nitrogen functional groups attached to an aromatic ring is 1. The fraction of sp³-hybridized carbons (Fsp3) is 0.462. The Labute approximate surface area is 115 Å². The normalized spacial score (nSPS) is 16.6. The number of rotatable bonds is 2. The van der Waals surface area contributed by atoms with Gasteiger partial charge in [0.2, 0.25) is 0 Å². The maximum atomic E-state index is 12.1. The Balaban J connectivity index is 2.13. The number of halogens is 1. The van der Waals surface area contributed by atoms with E-state index in [9.17, 15) is 4.79 Å². The molecule has 1 saturated heterocycles. The van der Waals surface area contributed by atoms with Gasteiger partial charge >= 0.3 is 5.97 Å². The topological polar surface area (TPSA) is 61.6 Å². The number of hydrogen-bond donors (Lipinski definition) is 1. The highest BCUT2D eigenvalue weighted by atomic mass is 79.9. The zero-order chi connectivity index (χ0) is 13.1. The van der Waals surface area contributed by atoms with Gasteiger partial charge in [0, 0.05) is 23.0 Å². The van der Waals surface area contributed by atoms with Crippen LogP contribution in [0.3, 0.4) is 0 Å². The second-order valence-corrected chi connectivity index (χ2v) is 5.30. The molecule has 0 amide bonds. The van der Waals surface area contributed by atoms with Crippen LogP contribution in [-0.4, -0.2) is 25.3 Å². The Morgan fingerprint density at radius 3 is 2.78 bits per heavy atom. The van der Waals surface area contributed by atoms with Crippen molar-refractivity contribution in [1.82, 2.24) is 0 Å². The van der Waals surface area contributed by atoms with E-state index < -0.39 is 0 Å². The van der Waals surface area contributed by atoms with Crippen LogP contribution in [0.4, 0.5) is 5.69 Å². The van der Waals surface area contributed by atoms with Crippen molar-refractivity contribution in [3.8, 4) is 0 Å². The third-order valence-electron chi connectivity index (χ3n) is 3.07. The number of nitrogens with two attached hydrogens (primary N) is 1. The molecule has 0 aliphatic carbocycles. The van der Waals surface area contributed by atoms with Gasteiger partial charge in [0.15, 0.2) is 0 Å². The molecule has 18 heavy (non-hydrogen) atoms. The molecule has 0 unspecified atom stereocenters. The number of ether oxygens (including phenoxy) is 2. The number of anilines is 1. The Kier molecular flexibility index (Phi) is 4.24. The third-order valence-corrected chi connectivity index (χ3v) is 3.53. The summed E-state index contributed by atoms with van der Waals surface area (Å²) >= 11 is 3.33. The summed E-state index contributed by atoms with van der Waals surface area (Å²) < 4.78 is 11.5. The van der Waals surface area contributed by atoms with Gasteiger partial charge in [0.05, 0.1) is 18.8 Å². The van der Waals surface area contributed by atoms with E-state index in [0.717, 1.165) is 22.9 Å². The molecule has 1 heterocycles. The van der Waals surface area contributed by atoms with Crippen LogP contribution < -0.4 is 5.73 Å². The van der Waals surface area contributed by atoms with Crippen molar-refractivity contribution in [3.05, 3.63) is 27.7 Å². The van der Waals surface area contributed by atoms with Crippen LogP contribution in [0.1, 0.15) is 28.8 Å². The molecular weight excluding hydrogens is 298 g/mol. The summed E-state index contributed by atoms with van der Waals surface area (Å²) in [7, 11) is 0. The number of carbonyl (C=O) groups is 1. The first-order valence-electron chi connectivity index (χ1n) is 5.92. The smallest absolute Gasteiger partial charge is 0.338 e. The van der Waals surface area contributed by atoms with Crippen molar-refractivity contribution >= 4 is 27.6 Å². The van der Waals surface area contributed by atoms with Crippen LogP contribution in [-0.2, 0) is 9.47 Å². The summed E-state index contributed by atoms with van der Waals surface area (Å²) in [5.41, 5.74) is 7.70. The van der Waals surface area contributed by atoms with Gasteiger partial charge in [0.1, 0.15) is 6.10 Å². The number of esters is 1. The fourth-order valence-corrected chi connectivity index (χ4v) is 2.40. The van der Waals surface area contributed by atoms with Gasteiger partial charge < -0.3 is 15.2 Å². The molecule has 2 rings (SSSR count). The summed E-state index contributed by atoms with van der Waals surface area (Å²) in [4.78, 5) is 12.1. The lowest BCUT2D eigenvalue weighted by Gasteiger charge is -2.22. The maximum Gasteiger partial charge on any atom is 0.338 e. The molecule has 0 bridgehead atoms. The molecule has 5 heteroatoms. The molecule has 2 N–H and O–H groups in total. The molecular formula is C13H16BrNO3. The van der Waals surface area contributed by atoms with Crippen molar-refractivity contribution in [3.63, 3.8) is 0 Å². The third kappa shape index (κ3) is 3.03. The minimum atomic E-state index is -0.313. The molecule has 1 aliphatic rings. The highest BCUT2D eigenvalue weighted by Gasteiger charge is 2.21. The zero-order valence-corrected chi connectivity index (χ0v) is 11.8. The summed E-state index contributed by atoms with van der Waals surface area (Å²) in [6.45, 7) is 3.12. The highest BCUT2D eigenvalue weighted by Crippen LogP contribution is 2.24. The molecule has 0 radical (unpaired) electrons. The van der Waals surface area contributed by atoms with Gasteiger partial charge in [-0.1, -0.05) is 15.9 Å². The van der Waals surface area contributed by atoms with Crippen molar-refractivity contribution in [2.45, 2.75) is 25.9 Å². The van der Waals surface area contributed by atoms with Gasteiger partial charge in [0.25, 0.3) is 0 Å². The van der Waals surface area contributed by atoms with E-state index in [1.807, 2.05) is 6.92 Å². The van der Waals surface area contributed by atoms with Gasteiger partial charge in [-0.25, -0.2) is 4.79 Å².